The Hall–Kier alpha value is -2.04. The number of nitrogens with zero attached hydrogens (tertiary/aromatic N) is 1. The van der Waals surface area contributed by atoms with E-state index in [-0.39, 0.29) is 5.69 Å². The second-order valence-electron chi connectivity index (χ2n) is 2.75. The number of aromatic amines is 1. The Morgan fingerprint density at radius 3 is 2.85 bits per heavy atom. The monoisotopic (exact) mass is 177 g/mol. The number of nitro benzene ring substituents is 1. The van der Waals surface area contributed by atoms with E-state index in [9.17, 15) is 10.1 Å². The van der Waals surface area contributed by atoms with E-state index in [2.05, 4.69) is 4.98 Å². The maximum atomic E-state index is 10.4. The summed E-state index contributed by atoms with van der Waals surface area (Å²) in [4.78, 5) is 12.9. The van der Waals surface area contributed by atoms with Gasteiger partial charge in [-0.3, -0.25) is 10.1 Å². The fourth-order valence-electron chi connectivity index (χ4n) is 1.26. The summed E-state index contributed by atoms with van der Waals surface area (Å²) < 4.78 is 0. The molecular weight excluding hydrogens is 170 g/mol. The Bertz CT molecular complexity index is 475. The van der Waals surface area contributed by atoms with Gasteiger partial charge in [-0.1, -0.05) is 0 Å². The number of anilines is 1. The molecule has 3 N–H and O–H groups in total. The Morgan fingerprint density at radius 1 is 1.38 bits per heavy atom. The third-order valence-corrected chi connectivity index (χ3v) is 1.84. The van der Waals surface area contributed by atoms with Crippen molar-refractivity contribution in [3.63, 3.8) is 0 Å². The van der Waals surface area contributed by atoms with Gasteiger partial charge in [0.25, 0.3) is 5.69 Å². The first-order valence-corrected chi connectivity index (χ1v) is 3.69. The molecule has 0 unspecified atom stereocenters. The van der Waals surface area contributed by atoms with Crippen LogP contribution in [0.2, 0.25) is 0 Å². The first-order valence-electron chi connectivity index (χ1n) is 3.69. The molecule has 1 aromatic heterocycles. The molecular formula is C8H7N3O2. The molecule has 2 aromatic rings. The van der Waals surface area contributed by atoms with Crippen LogP contribution in [-0.2, 0) is 0 Å². The topological polar surface area (TPSA) is 84.9 Å². The van der Waals surface area contributed by atoms with E-state index in [0.717, 1.165) is 10.9 Å². The van der Waals surface area contributed by atoms with E-state index in [1.54, 1.807) is 12.1 Å². The molecule has 0 saturated heterocycles. The minimum Gasteiger partial charge on any atom is -0.385 e. The SMILES string of the molecule is Nc1cc2cc([N+](=O)[O-])ccc2[nH]1. The van der Waals surface area contributed by atoms with E-state index < -0.39 is 4.92 Å². The number of non-ortho nitro benzene ring substituents is 1. The van der Waals surface area contributed by atoms with Gasteiger partial charge in [-0.15, -0.1) is 0 Å². The number of nitrogens with one attached hydrogen (secondary N) is 1. The minimum absolute atomic E-state index is 0.0755. The van der Waals surface area contributed by atoms with Crippen LogP contribution in [0.4, 0.5) is 11.5 Å². The van der Waals surface area contributed by atoms with Crippen LogP contribution in [0, 0.1) is 10.1 Å². The van der Waals surface area contributed by atoms with Crippen molar-refractivity contribution in [1.29, 1.82) is 0 Å². The van der Waals surface area contributed by atoms with E-state index in [0.29, 0.717) is 5.82 Å². The highest BCUT2D eigenvalue weighted by atomic mass is 16.6. The summed E-state index contributed by atoms with van der Waals surface area (Å²) in [5.74, 6) is 0.510. The number of aromatic nitrogens is 1. The van der Waals surface area contributed by atoms with Crippen LogP contribution in [0.3, 0.4) is 0 Å². The van der Waals surface area contributed by atoms with Crippen molar-refractivity contribution < 1.29 is 4.92 Å². The molecule has 0 bridgehead atoms. The average Bonchev–Trinajstić information content (AvgIpc) is 2.42. The lowest BCUT2D eigenvalue weighted by Crippen LogP contribution is -1.86. The number of benzene rings is 1. The second-order valence-corrected chi connectivity index (χ2v) is 2.75. The van der Waals surface area contributed by atoms with Crippen LogP contribution < -0.4 is 5.73 Å². The standard InChI is InChI=1S/C8H7N3O2/c9-8-4-5-3-6(11(12)13)1-2-7(5)10-8/h1-4,10H,9H2. The maximum Gasteiger partial charge on any atom is 0.270 e. The zero-order valence-corrected chi connectivity index (χ0v) is 6.65. The molecule has 66 valence electrons. The van der Waals surface area contributed by atoms with Gasteiger partial charge in [-0.25, -0.2) is 0 Å². The molecule has 1 heterocycles. The van der Waals surface area contributed by atoms with Gasteiger partial charge < -0.3 is 10.7 Å². The smallest absolute Gasteiger partial charge is 0.270 e. The summed E-state index contributed by atoms with van der Waals surface area (Å²) in [7, 11) is 0. The molecule has 0 spiro atoms. The van der Waals surface area contributed by atoms with Crippen molar-refractivity contribution in [2.24, 2.45) is 0 Å². The van der Waals surface area contributed by atoms with Crippen LogP contribution in [0.1, 0.15) is 0 Å². The Labute approximate surface area is 73.3 Å². The van der Waals surface area contributed by atoms with Crippen molar-refractivity contribution >= 4 is 22.4 Å². The third-order valence-electron chi connectivity index (χ3n) is 1.84. The van der Waals surface area contributed by atoms with E-state index in [4.69, 9.17) is 5.73 Å². The van der Waals surface area contributed by atoms with Crippen LogP contribution in [-0.4, -0.2) is 9.91 Å². The molecule has 0 aliphatic carbocycles. The van der Waals surface area contributed by atoms with Crippen molar-refractivity contribution in [3.05, 3.63) is 34.4 Å². The van der Waals surface area contributed by atoms with E-state index >= 15 is 0 Å². The molecule has 13 heavy (non-hydrogen) atoms. The van der Waals surface area contributed by atoms with Crippen molar-refractivity contribution in [3.8, 4) is 0 Å². The number of nitrogen functional groups attached to an aromatic ring is 1. The second kappa shape index (κ2) is 2.48. The predicted octanol–water partition coefficient (Wildman–Crippen LogP) is 1.66. The molecule has 0 aliphatic heterocycles. The maximum absolute atomic E-state index is 10.4. The van der Waals surface area contributed by atoms with Crippen LogP contribution in [0.15, 0.2) is 24.3 Å². The highest BCUT2D eigenvalue weighted by Crippen LogP contribution is 2.21. The summed E-state index contributed by atoms with van der Waals surface area (Å²) in [5.41, 5.74) is 6.38. The van der Waals surface area contributed by atoms with E-state index in [1.165, 1.54) is 12.1 Å². The minimum atomic E-state index is -0.428. The summed E-state index contributed by atoms with van der Waals surface area (Å²) in [6.07, 6.45) is 0. The number of hydrogen-bond acceptors (Lipinski definition) is 3. The predicted molar refractivity (Wildman–Crippen MR) is 49.4 cm³/mol. The zero-order chi connectivity index (χ0) is 9.42. The third kappa shape index (κ3) is 1.20. The number of H-pyrrole nitrogens is 1. The van der Waals surface area contributed by atoms with Gasteiger partial charge in [0.2, 0.25) is 0 Å². The highest BCUT2D eigenvalue weighted by molar-refractivity contribution is 5.85. The molecule has 0 saturated carbocycles. The van der Waals surface area contributed by atoms with Gasteiger partial charge in [0, 0.05) is 23.0 Å². The molecule has 2 rings (SSSR count). The molecule has 1 aromatic carbocycles. The fourth-order valence-corrected chi connectivity index (χ4v) is 1.26. The average molecular weight is 177 g/mol. The number of fused-ring (bicyclic) bond motifs is 1. The summed E-state index contributed by atoms with van der Waals surface area (Å²) >= 11 is 0. The molecule has 0 amide bonds. The Morgan fingerprint density at radius 2 is 2.15 bits per heavy atom. The molecule has 0 atom stereocenters. The lowest BCUT2D eigenvalue weighted by Gasteiger charge is -1.90. The quantitative estimate of drug-likeness (QED) is 0.513. The molecule has 0 aliphatic rings. The highest BCUT2D eigenvalue weighted by Gasteiger charge is 2.06. The number of nitro groups is 1. The van der Waals surface area contributed by atoms with Crippen LogP contribution >= 0.6 is 0 Å². The molecule has 0 radical (unpaired) electrons. The fraction of sp³-hybridized carbons (Fsp3) is 0. The summed E-state index contributed by atoms with van der Waals surface area (Å²) in [5, 5.41) is 11.2. The van der Waals surface area contributed by atoms with Crippen LogP contribution in [0.5, 0.6) is 0 Å². The lowest BCUT2D eigenvalue weighted by atomic mass is 10.2. The number of nitrogens with two attached hydrogens (primary N) is 1. The normalized spacial score (nSPS) is 10.5. The zero-order valence-electron chi connectivity index (χ0n) is 6.65. The van der Waals surface area contributed by atoms with Crippen molar-refractivity contribution in [2.75, 3.05) is 5.73 Å². The first-order chi connectivity index (χ1) is 6.16. The Kier molecular flexibility index (Phi) is 1.45. The van der Waals surface area contributed by atoms with Crippen molar-refractivity contribution in [2.45, 2.75) is 0 Å². The van der Waals surface area contributed by atoms with Crippen LogP contribution in [0.25, 0.3) is 10.9 Å². The molecule has 5 heteroatoms. The largest absolute Gasteiger partial charge is 0.385 e. The van der Waals surface area contributed by atoms with Gasteiger partial charge >= 0.3 is 0 Å². The van der Waals surface area contributed by atoms with Gasteiger partial charge in [-0.05, 0) is 12.1 Å². The van der Waals surface area contributed by atoms with E-state index in [1.807, 2.05) is 0 Å². The lowest BCUT2D eigenvalue weighted by molar-refractivity contribution is -0.384. The van der Waals surface area contributed by atoms with Gasteiger partial charge in [0.1, 0.15) is 5.82 Å². The number of rotatable bonds is 1. The molecule has 5 nitrogen and oxygen atoms in total. The van der Waals surface area contributed by atoms with Gasteiger partial charge in [0.15, 0.2) is 0 Å². The van der Waals surface area contributed by atoms with Gasteiger partial charge in [0.05, 0.1) is 4.92 Å². The van der Waals surface area contributed by atoms with Gasteiger partial charge in [-0.2, -0.15) is 0 Å². The van der Waals surface area contributed by atoms with Crippen molar-refractivity contribution in [1.82, 2.24) is 4.98 Å². The summed E-state index contributed by atoms with van der Waals surface area (Å²) in [6.45, 7) is 0. The Balaban J connectivity index is 2.67. The molecule has 0 fully saturated rings. The number of hydrogen-bond donors (Lipinski definition) is 2. The summed E-state index contributed by atoms with van der Waals surface area (Å²) in [6, 6.07) is 6.24. The first kappa shape index (κ1) is 7.60.